The Morgan fingerprint density at radius 3 is 3.07 bits per heavy atom. The van der Waals surface area contributed by atoms with Gasteiger partial charge in [0.1, 0.15) is 5.76 Å². The molecule has 0 aliphatic rings. The predicted molar refractivity (Wildman–Crippen MR) is 54.2 cm³/mol. The van der Waals surface area contributed by atoms with Gasteiger partial charge in [-0.15, -0.1) is 11.3 Å². The molecule has 0 saturated carbocycles. The summed E-state index contributed by atoms with van der Waals surface area (Å²) < 4.78 is 5.49. The van der Waals surface area contributed by atoms with Crippen LogP contribution in [0.2, 0.25) is 0 Å². The normalized spacial score (nSPS) is 10.6. The molecule has 0 saturated heterocycles. The van der Waals surface area contributed by atoms with Crippen molar-refractivity contribution in [1.82, 2.24) is 9.97 Å². The largest absolute Gasteiger partial charge is 0.445 e. The van der Waals surface area contributed by atoms with E-state index in [2.05, 4.69) is 9.97 Å². The Bertz CT molecular complexity index is 382. The van der Waals surface area contributed by atoms with Crippen molar-refractivity contribution < 1.29 is 4.42 Å². The number of oxazole rings is 1. The fourth-order valence-electron chi connectivity index (χ4n) is 1.17. The minimum atomic E-state index is 0.570. The zero-order valence-corrected chi connectivity index (χ0v) is 8.46. The highest BCUT2D eigenvalue weighted by molar-refractivity contribution is 7.09. The van der Waals surface area contributed by atoms with Crippen molar-refractivity contribution in [3.8, 4) is 0 Å². The Balaban J connectivity index is 2.03. The van der Waals surface area contributed by atoms with Crippen LogP contribution in [-0.2, 0) is 12.8 Å². The lowest BCUT2D eigenvalue weighted by molar-refractivity contribution is 0.464. The third-order valence-corrected chi connectivity index (χ3v) is 2.57. The SMILES string of the molecule is NCCc1ncc(Cc2cncs2)o1. The van der Waals surface area contributed by atoms with Crippen molar-refractivity contribution in [2.24, 2.45) is 5.73 Å². The molecule has 0 aliphatic carbocycles. The van der Waals surface area contributed by atoms with E-state index in [0.717, 1.165) is 12.2 Å². The fourth-order valence-corrected chi connectivity index (χ4v) is 1.77. The summed E-state index contributed by atoms with van der Waals surface area (Å²) in [7, 11) is 0. The quantitative estimate of drug-likeness (QED) is 0.822. The molecule has 2 aromatic rings. The average molecular weight is 209 g/mol. The Labute approximate surface area is 85.8 Å². The van der Waals surface area contributed by atoms with Gasteiger partial charge < -0.3 is 10.2 Å². The molecular weight excluding hydrogens is 198 g/mol. The monoisotopic (exact) mass is 209 g/mol. The minimum Gasteiger partial charge on any atom is -0.445 e. The van der Waals surface area contributed by atoms with E-state index in [4.69, 9.17) is 10.2 Å². The number of nitrogens with zero attached hydrogens (tertiary/aromatic N) is 2. The first-order valence-electron chi connectivity index (χ1n) is 4.39. The van der Waals surface area contributed by atoms with Crippen molar-refractivity contribution in [2.45, 2.75) is 12.8 Å². The van der Waals surface area contributed by atoms with E-state index in [-0.39, 0.29) is 0 Å². The first-order chi connectivity index (χ1) is 6.88. The van der Waals surface area contributed by atoms with Gasteiger partial charge >= 0.3 is 0 Å². The molecule has 0 atom stereocenters. The molecule has 2 rings (SSSR count). The summed E-state index contributed by atoms with van der Waals surface area (Å²) in [5.74, 6) is 1.59. The summed E-state index contributed by atoms with van der Waals surface area (Å²) in [4.78, 5) is 9.30. The number of nitrogens with two attached hydrogens (primary N) is 1. The van der Waals surface area contributed by atoms with Gasteiger partial charge in [-0.2, -0.15) is 0 Å². The number of aromatic nitrogens is 2. The molecule has 0 aromatic carbocycles. The van der Waals surface area contributed by atoms with Crippen molar-refractivity contribution in [3.63, 3.8) is 0 Å². The predicted octanol–water partition coefficient (Wildman–Crippen LogP) is 1.22. The molecule has 4 nitrogen and oxygen atoms in total. The fraction of sp³-hybridized carbons (Fsp3) is 0.333. The van der Waals surface area contributed by atoms with Gasteiger partial charge in [0.25, 0.3) is 0 Å². The van der Waals surface area contributed by atoms with E-state index in [9.17, 15) is 0 Å². The zero-order chi connectivity index (χ0) is 9.80. The maximum atomic E-state index is 5.49. The van der Waals surface area contributed by atoms with E-state index < -0.39 is 0 Å². The van der Waals surface area contributed by atoms with Crippen LogP contribution in [0.25, 0.3) is 0 Å². The van der Waals surface area contributed by atoms with Gasteiger partial charge in [-0.25, -0.2) is 4.98 Å². The molecule has 0 spiro atoms. The number of hydrogen-bond acceptors (Lipinski definition) is 5. The molecule has 0 unspecified atom stereocenters. The lowest BCUT2D eigenvalue weighted by atomic mass is 10.3. The zero-order valence-electron chi connectivity index (χ0n) is 7.64. The lowest BCUT2D eigenvalue weighted by Crippen LogP contribution is -2.02. The van der Waals surface area contributed by atoms with Gasteiger partial charge in [0.05, 0.1) is 11.7 Å². The van der Waals surface area contributed by atoms with Gasteiger partial charge in [0.15, 0.2) is 5.89 Å². The van der Waals surface area contributed by atoms with Gasteiger partial charge in [-0.3, -0.25) is 4.98 Å². The van der Waals surface area contributed by atoms with Crippen LogP contribution in [0.5, 0.6) is 0 Å². The second kappa shape index (κ2) is 4.34. The van der Waals surface area contributed by atoms with Crippen molar-refractivity contribution >= 4 is 11.3 Å². The molecule has 2 N–H and O–H groups in total. The van der Waals surface area contributed by atoms with Crippen LogP contribution < -0.4 is 5.73 Å². The summed E-state index contributed by atoms with van der Waals surface area (Å²) >= 11 is 1.62. The van der Waals surface area contributed by atoms with Crippen LogP contribution in [0.15, 0.2) is 22.3 Å². The summed E-state index contributed by atoms with van der Waals surface area (Å²) in [6, 6.07) is 0. The Morgan fingerprint density at radius 2 is 2.36 bits per heavy atom. The molecule has 0 amide bonds. The average Bonchev–Trinajstić information content (AvgIpc) is 2.79. The molecular formula is C9H11N3OS. The van der Waals surface area contributed by atoms with Crippen LogP contribution in [0, 0.1) is 0 Å². The molecule has 0 aliphatic heterocycles. The van der Waals surface area contributed by atoms with E-state index in [0.29, 0.717) is 18.9 Å². The van der Waals surface area contributed by atoms with Gasteiger partial charge in [-0.1, -0.05) is 0 Å². The second-order valence-corrected chi connectivity index (χ2v) is 3.87. The van der Waals surface area contributed by atoms with Gasteiger partial charge in [0, 0.05) is 30.5 Å². The van der Waals surface area contributed by atoms with E-state index >= 15 is 0 Å². The Kier molecular flexibility index (Phi) is 2.90. The van der Waals surface area contributed by atoms with Crippen molar-refractivity contribution in [2.75, 3.05) is 6.54 Å². The van der Waals surface area contributed by atoms with Crippen LogP contribution >= 0.6 is 11.3 Å². The molecule has 0 radical (unpaired) electrons. The number of rotatable bonds is 4. The first kappa shape index (κ1) is 9.36. The topological polar surface area (TPSA) is 64.9 Å². The third kappa shape index (κ3) is 2.18. The second-order valence-electron chi connectivity index (χ2n) is 2.90. The highest BCUT2D eigenvalue weighted by atomic mass is 32.1. The van der Waals surface area contributed by atoms with E-state index in [1.165, 1.54) is 4.88 Å². The third-order valence-electron chi connectivity index (χ3n) is 1.79. The highest BCUT2D eigenvalue weighted by Crippen LogP contribution is 2.13. The van der Waals surface area contributed by atoms with Gasteiger partial charge in [0.2, 0.25) is 0 Å². The van der Waals surface area contributed by atoms with Crippen LogP contribution in [0.4, 0.5) is 0 Å². The molecule has 0 bridgehead atoms. The maximum absolute atomic E-state index is 5.49. The summed E-state index contributed by atoms with van der Waals surface area (Å²) in [5.41, 5.74) is 7.21. The maximum Gasteiger partial charge on any atom is 0.195 e. The van der Waals surface area contributed by atoms with E-state index in [1.54, 1.807) is 17.5 Å². The Morgan fingerprint density at radius 1 is 1.43 bits per heavy atom. The minimum absolute atomic E-state index is 0.570. The molecule has 0 fully saturated rings. The highest BCUT2D eigenvalue weighted by Gasteiger charge is 2.04. The summed E-state index contributed by atoms with van der Waals surface area (Å²) in [5, 5.41) is 0. The molecule has 14 heavy (non-hydrogen) atoms. The lowest BCUT2D eigenvalue weighted by Gasteiger charge is -1.91. The standard InChI is InChI=1S/C9H11N3OS/c10-2-1-9-12-4-7(13-9)3-8-5-11-6-14-8/h4-6H,1-3,10H2. The molecule has 2 heterocycles. The van der Waals surface area contributed by atoms with Crippen LogP contribution in [0.3, 0.4) is 0 Å². The van der Waals surface area contributed by atoms with Gasteiger partial charge in [-0.05, 0) is 0 Å². The smallest absolute Gasteiger partial charge is 0.195 e. The first-order valence-corrected chi connectivity index (χ1v) is 5.27. The molecule has 74 valence electrons. The number of hydrogen-bond donors (Lipinski definition) is 1. The van der Waals surface area contributed by atoms with Crippen molar-refractivity contribution in [3.05, 3.63) is 34.4 Å². The number of thiazole rings is 1. The molecule has 2 aromatic heterocycles. The summed E-state index contributed by atoms with van der Waals surface area (Å²) in [6.45, 7) is 0.570. The Hall–Kier alpha value is -1.20. The summed E-state index contributed by atoms with van der Waals surface area (Å²) in [6.07, 6.45) is 5.06. The van der Waals surface area contributed by atoms with Crippen molar-refractivity contribution in [1.29, 1.82) is 0 Å². The molecule has 5 heteroatoms. The van der Waals surface area contributed by atoms with Crippen LogP contribution in [-0.4, -0.2) is 16.5 Å². The van der Waals surface area contributed by atoms with Crippen LogP contribution in [0.1, 0.15) is 16.5 Å². The van der Waals surface area contributed by atoms with E-state index in [1.807, 2.05) is 11.7 Å².